The molecule has 6 heteroatoms. The van der Waals surface area contributed by atoms with Gasteiger partial charge in [-0.2, -0.15) is 0 Å². The van der Waals surface area contributed by atoms with Crippen LogP contribution in [-0.2, 0) is 11.2 Å². The largest absolute Gasteiger partial charge is 0.508 e. The molecule has 3 rings (SSSR count). The number of nitrogens with one attached hydrogen (secondary N) is 2. The summed E-state index contributed by atoms with van der Waals surface area (Å²) in [4.78, 5) is 22.5. The van der Waals surface area contributed by atoms with Gasteiger partial charge in [-0.05, 0) is 53.8 Å². The van der Waals surface area contributed by atoms with Gasteiger partial charge in [0, 0.05) is 23.9 Å². The van der Waals surface area contributed by atoms with Crippen LogP contribution in [-0.4, -0.2) is 22.1 Å². The van der Waals surface area contributed by atoms with Crippen molar-refractivity contribution in [1.29, 1.82) is 0 Å². The van der Waals surface area contributed by atoms with E-state index in [1.54, 1.807) is 36.4 Å². The second-order valence-corrected chi connectivity index (χ2v) is 7.37. The Morgan fingerprint density at radius 1 is 1.19 bits per heavy atom. The highest BCUT2D eigenvalue weighted by atomic mass is 16.4. The summed E-state index contributed by atoms with van der Waals surface area (Å²) in [6.45, 7) is 5.56. The molecule has 1 aliphatic rings. The molecule has 1 amide bonds. The minimum Gasteiger partial charge on any atom is -0.508 e. The van der Waals surface area contributed by atoms with Crippen LogP contribution in [0.3, 0.4) is 0 Å². The van der Waals surface area contributed by atoms with Crippen LogP contribution in [0, 0.1) is 5.41 Å². The minimum absolute atomic E-state index is 0.148. The Balaban J connectivity index is 2.01. The first kappa shape index (κ1) is 17.8. The number of phenols is 1. The zero-order chi connectivity index (χ0) is 19.1. The van der Waals surface area contributed by atoms with Gasteiger partial charge in [0.05, 0.1) is 11.6 Å². The maximum Gasteiger partial charge on any atom is 0.335 e. The van der Waals surface area contributed by atoms with Gasteiger partial charge < -0.3 is 20.8 Å². The van der Waals surface area contributed by atoms with Crippen LogP contribution in [0.2, 0.25) is 0 Å². The summed E-state index contributed by atoms with van der Waals surface area (Å²) < 4.78 is 0. The first-order valence-electron chi connectivity index (χ1n) is 8.40. The number of carboxylic acid groups (broad SMARTS) is 1. The number of benzene rings is 2. The Morgan fingerprint density at radius 2 is 1.92 bits per heavy atom. The number of amides is 1. The fourth-order valence-electron chi connectivity index (χ4n) is 3.52. The number of hydrogen-bond acceptors (Lipinski definition) is 4. The van der Waals surface area contributed by atoms with E-state index in [2.05, 4.69) is 24.5 Å². The third-order valence-corrected chi connectivity index (χ3v) is 4.74. The van der Waals surface area contributed by atoms with Crippen LogP contribution in [0.15, 0.2) is 36.4 Å². The van der Waals surface area contributed by atoms with Gasteiger partial charge in [0.2, 0.25) is 5.91 Å². The van der Waals surface area contributed by atoms with Gasteiger partial charge in [-0.15, -0.1) is 0 Å². The van der Waals surface area contributed by atoms with E-state index in [1.807, 2.05) is 0 Å². The Hall–Kier alpha value is -3.02. The number of carboxylic acids is 1. The molecular weight excluding hydrogens is 332 g/mol. The summed E-state index contributed by atoms with van der Waals surface area (Å²) in [7, 11) is 0. The number of fused-ring (bicyclic) bond motifs is 1. The average Bonchev–Trinajstić information content (AvgIpc) is 2.54. The number of rotatable bonds is 3. The quantitative estimate of drug-likeness (QED) is 0.629. The molecule has 1 atom stereocenters. The second-order valence-electron chi connectivity index (χ2n) is 7.37. The molecule has 2 aromatic rings. The molecular formula is C20H22N2O4. The summed E-state index contributed by atoms with van der Waals surface area (Å²) in [5.41, 5.74) is 3.07. The molecule has 0 fully saturated rings. The molecule has 2 aromatic carbocycles. The third kappa shape index (κ3) is 3.35. The first-order valence-corrected chi connectivity index (χ1v) is 8.40. The maximum absolute atomic E-state index is 11.3. The van der Waals surface area contributed by atoms with E-state index in [0.717, 1.165) is 11.3 Å². The second kappa shape index (κ2) is 6.37. The molecule has 0 radical (unpaired) electrons. The van der Waals surface area contributed by atoms with E-state index >= 15 is 0 Å². The zero-order valence-corrected chi connectivity index (χ0v) is 15.0. The lowest BCUT2D eigenvalue weighted by atomic mass is 9.72. The summed E-state index contributed by atoms with van der Waals surface area (Å²) >= 11 is 0. The van der Waals surface area contributed by atoms with E-state index in [9.17, 15) is 19.8 Å². The SMILES string of the molecule is CC(=O)Nc1ccc(O)c(C2Nc3ccc(C(=O)O)cc3CC2(C)C)c1. The number of carbonyl (C=O) groups is 2. The van der Waals surface area contributed by atoms with Gasteiger partial charge in [-0.25, -0.2) is 4.79 Å². The van der Waals surface area contributed by atoms with Gasteiger partial charge in [0.1, 0.15) is 5.75 Å². The van der Waals surface area contributed by atoms with Crippen LogP contribution in [0.1, 0.15) is 48.3 Å². The van der Waals surface area contributed by atoms with Crippen molar-refractivity contribution in [1.82, 2.24) is 0 Å². The lowest BCUT2D eigenvalue weighted by Crippen LogP contribution is -2.35. The lowest BCUT2D eigenvalue weighted by molar-refractivity contribution is -0.114. The van der Waals surface area contributed by atoms with Gasteiger partial charge in [0.25, 0.3) is 0 Å². The van der Waals surface area contributed by atoms with E-state index < -0.39 is 5.97 Å². The minimum atomic E-state index is -0.951. The highest BCUT2D eigenvalue weighted by Crippen LogP contribution is 2.47. The molecule has 4 N–H and O–H groups in total. The topological polar surface area (TPSA) is 98.7 Å². The highest BCUT2D eigenvalue weighted by Gasteiger charge is 2.37. The molecule has 6 nitrogen and oxygen atoms in total. The number of aromatic carboxylic acids is 1. The Bertz CT molecular complexity index is 889. The molecule has 0 saturated carbocycles. The summed E-state index contributed by atoms with van der Waals surface area (Å²) in [5.74, 6) is -0.979. The van der Waals surface area contributed by atoms with E-state index in [4.69, 9.17) is 0 Å². The van der Waals surface area contributed by atoms with Crippen molar-refractivity contribution >= 4 is 23.3 Å². The van der Waals surface area contributed by atoms with E-state index in [0.29, 0.717) is 17.7 Å². The summed E-state index contributed by atoms with van der Waals surface area (Å²) in [6, 6.07) is 9.82. The Kier molecular flexibility index (Phi) is 4.36. The summed E-state index contributed by atoms with van der Waals surface area (Å²) in [6.07, 6.45) is 0.658. The van der Waals surface area contributed by atoms with Crippen LogP contribution < -0.4 is 10.6 Å². The number of phenolic OH excluding ortho intramolecular Hbond substituents is 1. The van der Waals surface area contributed by atoms with Crippen molar-refractivity contribution in [3.8, 4) is 5.75 Å². The number of anilines is 2. The average molecular weight is 354 g/mol. The van der Waals surface area contributed by atoms with Crippen LogP contribution in [0.25, 0.3) is 0 Å². The molecule has 0 aromatic heterocycles. The standard InChI is InChI=1S/C20H22N2O4/c1-11(23)21-14-5-7-17(24)15(9-14)18-20(2,3)10-13-8-12(19(25)26)4-6-16(13)22-18/h4-9,18,22,24H,10H2,1-3H3,(H,21,23)(H,25,26). The molecule has 1 aliphatic heterocycles. The predicted molar refractivity (Wildman–Crippen MR) is 99.7 cm³/mol. The first-order chi connectivity index (χ1) is 12.2. The molecule has 0 spiro atoms. The third-order valence-electron chi connectivity index (χ3n) is 4.74. The molecule has 1 heterocycles. The lowest BCUT2D eigenvalue weighted by Gasteiger charge is -2.41. The van der Waals surface area contributed by atoms with Crippen molar-refractivity contribution in [2.45, 2.75) is 33.2 Å². The van der Waals surface area contributed by atoms with Crippen molar-refractivity contribution < 1.29 is 19.8 Å². The van der Waals surface area contributed by atoms with Crippen molar-refractivity contribution in [2.24, 2.45) is 5.41 Å². The highest BCUT2D eigenvalue weighted by molar-refractivity contribution is 5.89. The van der Waals surface area contributed by atoms with E-state index in [-0.39, 0.29) is 28.7 Å². The van der Waals surface area contributed by atoms with Crippen LogP contribution in [0.5, 0.6) is 5.75 Å². The molecule has 0 saturated heterocycles. The van der Waals surface area contributed by atoms with Gasteiger partial charge in [-0.3, -0.25) is 4.79 Å². The zero-order valence-electron chi connectivity index (χ0n) is 15.0. The smallest absolute Gasteiger partial charge is 0.335 e. The fraction of sp³-hybridized carbons (Fsp3) is 0.300. The monoisotopic (exact) mass is 354 g/mol. The Morgan fingerprint density at radius 3 is 2.58 bits per heavy atom. The Labute approximate surface area is 151 Å². The van der Waals surface area contributed by atoms with E-state index in [1.165, 1.54) is 6.92 Å². The number of aromatic hydroxyl groups is 1. The maximum atomic E-state index is 11.3. The van der Waals surface area contributed by atoms with Gasteiger partial charge in [-0.1, -0.05) is 13.8 Å². The normalized spacial score (nSPS) is 17.7. The predicted octanol–water partition coefficient (Wildman–Crippen LogP) is 3.78. The molecule has 0 bridgehead atoms. The van der Waals surface area contributed by atoms with Crippen molar-refractivity contribution in [3.05, 3.63) is 53.1 Å². The number of hydrogen-bond donors (Lipinski definition) is 4. The van der Waals surface area contributed by atoms with Gasteiger partial charge >= 0.3 is 5.97 Å². The summed E-state index contributed by atoms with van der Waals surface area (Å²) in [5, 5.41) is 25.7. The van der Waals surface area contributed by atoms with Crippen LogP contribution in [0.4, 0.5) is 11.4 Å². The van der Waals surface area contributed by atoms with Gasteiger partial charge in [0.15, 0.2) is 0 Å². The number of carbonyl (C=O) groups excluding carboxylic acids is 1. The van der Waals surface area contributed by atoms with Crippen molar-refractivity contribution in [3.63, 3.8) is 0 Å². The molecule has 26 heavy (non-hydrogen) atoms. The van der Waals surface area contributed by atoms with Crippen molar-refractivity contribution in [2.75, 3.05) is 10.6 Å². The fourth-order valence-corrected chi connectivity index (χ4v) is 3.52. The van der Waals surface area contributed by atoms with Crippen LogP contribution >= 0.6 is 0 Å². The molecule has 0 aliphatic carbocycles. The molecule has 136 valence electrons. The molecule has 1 unspecified atom stereocenters.